The first-order valence-corrected chi connectivity index (χ1v) is 9.40. The van der Waals surface area contributed by atoms with Gasteiger partial charge in [0, 0.05) is 54.8 Å². The second-order valence-electron chi connectivity index (χ2n) is 6.72. The number of anilines is 1. The van der Waals surface area contributed by atoms with Gasteiger partial charge < -0.3 is 9.80 Å². The van der Waals surface area contributed by atoms with Gasteiger partial charge in [0.25, 0.3) is 5.91 Å². The summed E-state index contributed by atoms with van der Waals surface area (Å²) in [5, 5.41) is 0.638. The van der Waals surface area contributed by atoms with Crippen LogP contribution < -0.4 is 4.90 Å². The number of piperazine rings is 1. The largest absolute Gasteiger partial charge is 0.338 e. The first kappa shape index (κ1) is 17.6. The third-order valence-electron chi connectivity index (χ3n) is 4.87. The van der Waals surface area contributed by atoms with E-state index >= 15 is 0 Å². The normalized spacial score (nSPS) is 14.4. The molecule has 1 aromatic heterocycles. The highest BCUT2D eigenvalue weighted by Crippen LogP contribution is 2.21. The number of nitrogens with zero attached hydrogens (tertiary/aromatic N) is 4. The Morgan fingerprint density at radius 2 is 1.63 bits per heavy atom. The number of hydrogen-bond donors (Lipinski definition) is 0. The van der Waals surface area contributed by atoms with Gasteiger partial charge in [0.05, 0.1) is 0 Å². The Kier molecular flexibility index (Phi) is 4.86. The van der Waals surface area contributed by atoms with Crippen LogP contribution in [-0.4, -0.2) is 46.5 Å². The highest BCUT2D eigenvalue weighted by Gasteiger charge is 2.24. The highest BCUT2D eigenvalue weighted by atomic mass is 35.5. The number of benzene rings is 2. The van der Waals surface area contributed by atoms with Crippen molar-refractivity contribution in [3.63, 3.8) is 0 Å². The fraction of sp³-hybridized carbons (Fsp3) is 0.238. The van der Waals surface area contributed by atoms with E-state index in [0.29, 0.717) is 23.7 Å². The number of rotatable bonds is 3. The van der Waals surface area contributed by atoms with Gasteiger partial charge in [0.2, 0.25) is 5.95 Å². The third-order valence-corrected chi connectivity index (χ3v) is 5.13. The summed E-state index contributed by atoms with van der Waals surface area (Å²) in [6.45, 7) is 4.92. The second-order valence-corrected chi connectivity index (χ2v) is 7.16. The van der Waals surface area contributed by atoms with Crippen molar-refractivity contribution in [2.24, 2.45) is 0 Å². The average molecular weight is 381 g/mol. The predicted molar refractivity (Wildman–Crippen MR) is 108 cm³/mol. The van der Waals surface area contributed by atoms with Crippen molar-refractivity contribution in [3.8, 4) is 5.69 Å². The maximum atomic E-state index is 12.7. The summed E-state index contributed by atoms with van der Waals surface area (Å²) in [5.74, 6) is 0.964. The van der Waals surface area contributed by atoms with Gasteiger partial charge in [-0.05, 0) is 43.3 Å². The summed E-state index contributed by atoms with van der Waals surface area (Å²) in [5.41, 5.74) is 3.00. The second kappa shape index (κ2) is 7.45. The lowest BCUT2D eigenvalue weighted by molar-refractivity contribution is 0.0746. The van der Waals surface area contributed by atoms with Crippen LogP contribution in [0.15, 0.2) is 60.9 Å². The standard InChI is InChI=1S/C21H21ClN4O/c1-16-2-8-19(9-3-16)26-11-10-23-21(26)25-14-12-24(13-15-25)20(27)17-4-6-18(22)7-5-17/h2-11H,12-15H2,1H3. The maximum absolute atomic E-state index is 12.7. The van der Waals surface area contributed by atoms with Crippen LogP contribution in [0.4, 0.5) is 5.95 Å². The van der Waals surface area contributed by atoms with Crippen LogP contribution in [0.5, 0.6) is 0 Å². The minimum Gasteiger partial charge on any atom is -0.338 e. The van der Waals surface area contributed by atoms with E-state index in [-0.39, 0.29) is 5.91 Å². The van der Waals surface area contributed by atoms with E-state index in [0.717, 1.165) is 24.7 Å². The fourth-order valence-corrected chi connectivity index (χ4v) is 3.45. The van der Waals surface area contributed by atoms with Crippen LogP contribution in [0, 0.1) is 6.92 Å². The third kappa shape index (κ3) is 3.69. The SMILES string of the molecule is Cc1ccc(-n2ccnc2N2CCN(C(=O)c3ccc(Cl)cc3)CC2)cc1. The van der Waals surface area contributed by atoms with Crippen LogP contribution in [0.3, 0.4) is 0 Å². The first-order chi connectivity index (χ1) is 13.1. The molecule has 0 unspecified atom stereocenters. The van der Waals surface area contributed by atoms with Crippen molar-refractivity contribution in [2.75, 3.05) is 31.1 Å². The molecule has 5 nitrogen and oxygen atoms in total. The smallest absolute Gasteiger partial charge is 0.253 e. The molecule has 4 rings (SSSR count). The molecule has 138 valence electrons. The summed E-state index contributed by atoms with van der Waals surface area (Å²) < 4.78 is 2.09. The maximum Gasteiger partial charge on any atom is 0.253 e. The van der Waals surface area contributed by atoms with E-state index in [2.05, 4.69) is 45.6 Å². The van der Waals surface area contributed by atoms with Crippen LogP contribution in [0.2, 0.25) is 5.02 Å². The van der Waals surface area contributed by atoms with Gasteiger partial charge in [-0.1, -0.05) is 29.3 Å². The molecule has 0 saturated carbocycles. The Labute approximate surface area is 163 Å². The van der Waals surface area contributed by atoms with Gasteiger partial charge in [0.1, 0.15) is 0 Å². The molecular weight excluding hydrogens is 360 g/mol. The van der Waals surface area contributed by atoms with Crippen LogP contribution >= 0.6 is 11.6 Å². The summed E-state index contributed by atoms with van der Waals surface area (Å²) in [7, 11) is 0. The molecule has 1 saturated heterocycles. The first-order valence-electron chi connectivity index (χ1n) is 9.02. The Hall–Kier alpha value is -2.79. The minimum absolute atomic E-state index is 0.0493. The molecule has 0 radical (unpaired) electrons. The van der Waals surface area contributed by atoms with Gasteiger partial charge >= 0.3 is 0 Å². The van der Waals surface area contributed by atoms with E-state index < -0.39 is 0 Å². The summed E-state index contributed by atoms with van der Waals surface area (Å²) >= 11 is 5.91. The molecule has 1 amide bonds. The van der Waals surface area contributed by atoms with E-state index in [1.165, 1.54) is 5.56 Å². The Balaban J connectivity index is 1.46. The van der Waals surface area contributed by atoms with Crippen LogP contribution in [-0.2, 0) is 0 Å². The summed E-state index contributed by atoms with van der Waals surface area (Å²) in [6, 6.07) is 15.5. The molecule has 27 heavy (non-hydrogen) atoms. The van der Waals surface area contributed by atoms with Crippen molar-refractivity contribution in [1.29, 1.82) is 0 Å². The van der Waals surface area contributed by atoms with E-state index in [9.17, 15) is 4.79 Å². The minimum atomic E-state index is 0.0493. The number of imidazole rings is 1. The van der Waals surface area contributed by atoms with Crippen LogP contribution in [0.25, 0.3) is 5.69 Å². The van der Waals surface area contributed by atoms with Crippen LogP contribution in [0.1, 0.15) is 15.9 Å². The number of carbonyl (C=O) groups excluding carboxylic acids is 1. The van der Waals surface area contributed by atoms with Gasteiger partial charge in [-0.3, -0.25) is 9.36 Å². The van der Waals surface area contributed by atoms with Gasteiger partial charge in [-0.15, -0.1) is 0 Å². The molecule has 0 spiro atoms. The predicted octanol–water partition coefficient (Wildman–Crippen LogP) is 3.80. The number of amides is 1. The summed E-state index contributed by atoms with van der Waals surface area (Å²) in [6.07, 6.45) is 3.80. The molecule has 0 N–H and O–H groups in total. The quantitative estimate of drug-likeness (QED) is 0.694. The van der Waals surface area contributed by atoms with Gasteiger partial charge in [-0.2, -0.15) is 0 Å². The Bertz CT molecular complexity index is 926. The van der Waals surface area contributed by atoms with Crippen molar-refractivity contribution in [2.45, 2.75) is 6.92 Å². The average Bonchev–Trinajstić information content (AvgIpc) is 3.18. The van der Waals surface area contributed by atoms with Gasteiger partial charge in [-0.25, -0.2) is 4.98 Å². The lowest BCUT2D eigenvalue weighted by atomic mass is 10.2. The van der Waals surface area contributed by atoms with Crippen molar-refractivity contribution in [3.05, 3.63) is 77.1 Å². The molecular formula is C21H21ClN4O. The van der Waals surface area contributed by atoms with E-state index in [4.69, 9.17) is 11.6 Å². The zero-order valence-corrected chi connectivity index (χ0v) is 15.9. The van der Waals surface area contributed by atoms with Gasteiger partial charge in [0.15, 0.2) is 0 Å². The molecule has 0 atom stereocenters. The van der Waals surface area contributed by atoms with Crippen molar-refractivity contribution >= 4 is 23.5 Å². The van der Waals surface area contributed by atoms with E-state index in [1.807, 2.05) is 17.3 Å². The number of aromatic nitrogens is 2. The van der Waals surface area contributed by atoms with Crippen molar-refractivity contribution in [1.82, 2.24) is 14.5 Å². The monoisotopic (exact) mass is 380 g/mol. The number of halogens is 1. The molecule has 2 aromatic carbocycles. The molecule has 3 aromatic rings. The topological polar surface area (TPSA) is 41.4 Å². The summed E-state index contributed by atoms with van der Waals surface area (Å²) in [4.78, 5) is 21.3. The number of aryl methyl sites for hydroxylation is 1. The highest BCUT2D eigenvalue weighted by molar-refractivity contribution is 6.30. The lowest BCUT2D eigenvalue weighted by Gasteiger charge is -2.35. The number of hydrogen-bond acceptors (Lipinski definition) is 3. The molecule has 2 heterocycles. The molecule has 1 fully saturated rings. The fourth-order valence-electron chi connectivity index (χ4n) is 3.32. The zero-order chi connectivity index (χ0) is 18.8. The Morgan fingerprint density at radius 1 is 0.963 bits per heavy atom. The Morgan fingerprint density at radius 3 is 2.30 bits per heavy atom. The molecule has 6 heteroatoms. The molecule has 0 bridgehead atoms. The zero-order valence-electron chi connectivity index (χ0n) is 15.2. The molecule has 1 aliphatic rings. The molecule has 0 aliphatic carbocycles. The number of carbonyl (C=O) groups is 1. The lowest BCUT2D eigenvalue weighted by Crippen LogP contribution is -2.49. The van der Waals surface area contributed by atoms with E-state index in [1.54, 1.807) is 24.3 Å². The van der Waals surface area contributed by atoms with Crippen molar-refractivity contribution < 1.29 is 4.79 Å². The molecule has 1 aliphatic heterocycles.